The molecule has 0 saturated heterocycles. The Bertz CT molecular complexity index is 3150. The third kappa shape index (κ3) is 7.93. The Labute approximate surface area is 378 Å². The number of aromatic nitrogens is 4. The zero-order valence-electron chi connectivity index (χ0n) is 34.3. The molecule has 67 heavy (non-hydrogen) atoms. The van der Waals surface area contributed by atoms with Crippen molar-refractivity contribution in [3.05, 3.63) is 134 Å². The lowest BCUT2D eigenvalue weighted by Crippen LogP contribution is -2.46. The number of rotatable bonds is 13. The molecule has 10 rings (SSSR count). The Kier molecular flexibility index (Phi) is 10.8. The number of fused-ring (bicyclic) bond motifs is 5. The van der Waals surface area contributed by atoms with Gasteiger partial charge in [-0.15, -0.1) is 0 Å². The van der Waals surface area contributed by atoms with Gasteiger partial charge in [-0.05, 0) is 78.8 Å². The summed E-state index contributed by atoms with van der Waals surface area (Å²) < 4.78 is 163. The molecule has 3 heterocycles. The predicted octanol–water partition coefficient (Wildman–Crippen LogP) is 7.86. The average molecular weight is 977 g/mol. The van der Waals surface area contributed by atoms with Crippen LogP contribution in [0.15, 0.2) is 87.7 Å². The van der Waals surface area contributed by atoms with Gasteiger partial charge in [0.25, 0.3) is 24.3 Å². The summed E-state index contributed by atoms with van der Waals surface area (Å²) >= 11 is 6.71. The van der Waals surface area contributed by atoms with Crippen molar-refractivity contribution in [1.29, 1.82) is 0 Å². The smallest absolute Gasteiger partial charge is 0.293 e. The molecular weight excluding hydrogens is 943 g/mol. The second-order valence-corrected chi connectivity index (χ2v) is 19.4. The topological polar surface area (TPSA) is 144 Å². The van der Waals surface area contributed by atoms with E-state index in [1.165, 1.54) is 48.6 Å². The summed E-state index contributed by atoms with van der Waals surface area (Å²) in [7, 11) is -4.08. The fourth-order valence-corrected chi connectivity index (χ4v) is 11.1. The van der Waals surface area contributed by atoms with Crippen molar-refractivity contribution >= 4 is 50.0 Å². The minimum atomic E-state index is -4.08. The SMILES string of the molecule is O=C(Cn1nc(C(F)F)c2c1C(F)(F)[C@@H]1C[C@H]21)N[C@@H](Cc1cc(F)cc(F)c1)c1nc2cc(-c3ccccc3F)ccc2c(=O)n1C1=CC=C(Cl)C2C(NS(=O)(=O)C3CC3)=NN(CC(F)F)C12. The van der Waals surface area contributed by atoms with Gasteiger partial charge in [0.2, 0.25) is 15.9 Å². The van der Waals surface area contributed by atoms with Crippen LogP contribution in [0.25, 0.3) is 27.7 Å². The van der Waals surface area contributed by atoms with Crippen molar-refractivity contribution in [3.8, 4) is 11.1 Å². The summed E-state index contributed by atoms with van der Waals surface area (Å²) in [5.41, 5.74) is -3.21. The molecule has 1 aliphatic heterocycles. The lowest BCUT2D eigenvalue weighted by Gasteiger charge is -2.34. The predicted molar refractivity (Wildman–Crippen MR) is 225 cm³/mol. The molecule has 4 aliphatic carbocycles. The molecule has 1 amide bonds. The average Bonchev–Trinajstić information content (AvgIpc) is 4.18. The lowest BCUT2D eigenvalue weighted by molar-refractivity contribution is -0.123. The normalized spacial score (nSPS) is 22.0. The number of nitrogens with one attached hydrogen (secondary N) is 2. The number of sulfonamides is 1. The summed E-state index contributed by atoms with van der Waals surface area (Å²) in [6.07, 6.45) is -3.83. The van der Waals surface area contributed by atoms with Crippen LogP contribution in [0.1, 0.15) is 66.0 Å². The Morgan fingerprint density at radius 3 is 2.39 bits per heavy atom. The van der Waals surface area contributed by atoms with Crippen LogP contribution in [0.4, 0.5) is 39.5 Å². The number of nitrogens with zero attached hydrogens (tertiary/aromatic N) is 6. The van der Waals surface area contributed by atoms with Crippen molar-refractivity contribution in [2.45, 2.75) is 74.3 Å². The highest BCUT2D eigenvalue weighted by Crippen LogP contribution is 2.68. The molecule has 5 aliphatic rings. The summed E-state index contributed by atoms with van der Waals surface area (Å²) in [5.74, 6) is -11.8. The van der Waals surface area contributed by atoms with E-state index in [0.29, 0.717) is 23.6 Å². The van der Waals surface area contributed by atoms with Crippen molar-refractivity contribution in [1.82, 2.24) is 34.4 Å². The van der Waals surface area contributed by atoms with E-state index < -0.39 is 130 Å². The molecule has 23 heteroatoms. The fraction of sp³-hybridized carbons (Fsp3) is 0.341. The van der Waals surface area contributed by atoms with Crippen LogP contribution < -0.4 is 15.6 Å². The van der Waals surface area contributed by atoms with E-state index in [4.69, 9.17) is 16.6 Å². The third-order valence-electron chi connectivity index (χ3n) is 12.5. The molecular formula is C44H34ClF9N8O4S. The minimum absolute atomic E-state index is 0.0561. The molecule has 2 fully saturated rings. The molecule has 2 aromatic heterocycles. The van der Waals surface area contributed by atoms with Crippen LogP contribution in [-0.2, 0) is 33.7 Å². The van der Waals surface area contributed by atoms with Gasteiger partial charge in [-0.2, -0.15) is 19.0 Å². The van der Waals surface area contributed by atoms with Gasteiger partial charge in [-0.1, -0.05) is 35.9 Å². The maximum atomic E-state index is 15.6. The first-order valence-electron chi connectivity index (χ1n) is 20.9. The molecule has 5 atom stereocenters. The highest BCUT2D eigenvalue weighted by atomic mass is 35.5. The van der Waals surface area contributed by atoms with Crippen LogP contribution in [-0.4, -0.2) is 68.8 Å². The maximum absolute atomic E-state index is 15.6. The summed E-state index contributed by atoms with van der Waals surface area (Å²) in [6, 6.07) is 8.90. The quantitative estimate of drug-likeness (QED) is 0.114. The van der Waals surface area contributed by atoms with Gasteiger partial charge in [0.15, 0.2) is 0 Å². The minimum Gasteiger partial charge on any atom is -0.344 e. The standard InChI is InChI=1S/C44H34ClF9N8O4S/c45-28-9-10-32(38-36(28)41(58-60(38)17-33(49)50)59-67(65,66)23-6-7-23)62-42(56-30-14-20(5-8-25(30)43(62)64)24-3-1-2-4-29(24)48)31(13-19-11-21(46)15-22(47)12-19)55-34(63)18-61-39-35(37(57-61)40(51)52)26-16-27(26)44(39,53)54/h1-5,8-12,14-15,23,26-27,31,33,36,38,40H,6-7,13,16-18H2,(H,55,63)(H,58,59)/t26-,27+,31-,36?,38?/m0/s1. The van der Waals surface area contributed by atoms with Gasteiger partial charge in [-0.3, -0.25) is 28.6 Å². The van der Waals surface area contributed by atoms with Crippen LogP contribution in [0, 0.1) is 29.3 Å². The number of halogens is 10. The number of alkyl halides is 6. The van der Waals surface area contributed by atoms with Gasteiger partial charge in [0.1, 0.15) is 53.1 Å². The largest absolute Gasteiger partial charge is 0.344 e. The number of amides is 1. The first-order chi connectivity index (χ1) is 31.8. The van der Waals surface area contributed by atoms with Crippen LogP contribution in [0.2, 0.25) is 0 Å². The van der Waals surface area contributed by atoms with Gasteiger partial charge < -0.3 is 5.32 Å². The number of carbonyl (C=O) groups is 1. The molecule has 0 bridgehead atoms. The number of amidine groups is 1. The summed E-state index contributed by atoms with van der Waals surface area (Å²) in [5, 5.41) is 10.3. The van der Waals surface area contributed by atoms with E-state index >= 15 is 18.0 Å². The van der Waals surface area contributed by atoms with Crippen molar-refractivity contribution in [2.24, 2.45) is 16.9 Å². The summed E-state index contributed by atoms with van der Waals surface area (Å²) in [4.78, 5) is 34.1. The van der Waals surface area contributed by atoms with E-state index in [2.05, 4.69) is 20.2 Å². The number of hydrogen-bond acceptors (Lipinski definition) is 8. The van der Waals surface area contributed by atoms with E-state index in [9.17, 15) is 39.6 Å². The van der Waals surface area contributed by atoms with E-state index in [-0.39, 0.29) is 56.1 Å². The Morgan fingerprint density at radius 2 is 1.70 bits per heavy atom. The number of hydrogen-bond donors (Lipinski definition) is 2. The first kappa shape index (κ1) is 44.7. The van der Waals surface area contributed by atoms with Crippen LogP contribution in [0.3, 0.4) is 0 Å². The molecule has 3 aromatic carbocycles. The molecule has 2 saturated carbocycles. The van der Waals surface area contributed by atoms with Gasteiger partial charge in [0, 0.05) is 34.6 Å². The van der Waals surface area contributed by atoms with Gasteiger partial charge in [0.05, 0.1) is 40.4 Å². The van der Waals surface area contributed by atoms with E-state index in [0.717, 1.165) is 21.7 Å². The maximum Gasteiger partial charge on any atom is 0.293 e. The van der Waals surface area contributed by atoms with Crippen LogP contribution in [0.5, 0.6) is 0 Å². The monoisotopic (exact) mass is 976 g/mol. The lowest BCUT2D eigenvalue weighted by atomic mass is 9.91. The van der Waals surface area contributed by atoms with Gasteiger partial charge >= 0.3 is 0 Å². The Morgan fingerprint density at radius 1 is 0.970 bits per heavy atom. The second-order valence-electron chi connectivity index (χ2n) is 17.0. The fourth-order valence-electron chi connectivity index (χ4n) is 9.42. The van der Waals surface area contributed by atoms with Crippen LogP contribution >= 0.6 is 11.6 Å². The highest BCUT2D eigenvalue weighted by molar-refractivity contribution is 7.91. The molecule has 5 aromatic rings. The van der Waals surface area contributed by atoms with Gasteiger partial charge in [-0.25, -0.2) is 44.1 Å². The number of hydrazone groups is 1. The molecule has 0 radical (unpaired) electrons. The zero-order chi connectivity index (χ0) is 47.4. The molecule has 12 nitrogen and oxygen atoms in total. The first-order valence-corrected chi connectivity index (χ1v) is 22.8. The molecule has 2 unspecified atom stereocenters. The number of carbonyl (C=O) groups excluding carboxylic acids is 1. The number of benzene rings is 3. The third-order valence-corrected chi connectivity index (χ3v) is 14.7. The summed E-state index contributed by atoms with van der Waals surface area (Å²) in [6.45, 7) is -2.20. The molecule has 350 valence electrons. The van der Waals surface area contributed by atoms with Crippen molar-refractivity contribution in [3.63, 3.8) is 0 Å². The molecule has 0 spiro atoms. The number of allylic oxidation sites excluding steroid dienone is 2. The second kappa shape index (κ2) is 16.3. The highest BCUT2D eigenvalue weighted by Gasteiger charge is 2.67. The van der Waals surface area contributed by atoms with E-state index in [1.54, 1.807) is 6.07 Å². The Hall–Kier alpha value is -6.16. The van der Waals surface area contributed by atoms with Crippen molar-refractivity contribution in [2.75, 3.05) is 6.54 Å². The van der Waals surface area contributed by atoms with Crippen molar-refractivity contribution < 1.29 is 52.7 Å². The zero-order valence-corrected chi connectivity index (χ0v) is 35.9. The molecule has 2 N–H and O–H groups in total. The Balaban J connectivity index is 1.15. The van der Waals surface area contributed by atoms with E-state index in [1.807, 2.05) is 0 Å².